The summed E-state index contributed by atoms with van der Waals surface area (Å²) in [6.45, 7) is 5.46. The fourth-order valence-corrected chi connectivity index (χ4v) is 2.78. The third-order valence-electron chi connectivity index (χ3n) is 4.27. The van der Waals surface area contributed by atoms with Gasteiger partial charge in [0.2, 0.25) is 5.89 Å². The molecule has 8 heteroatoms. The Bertz CT molecular complexity index is 898. The van der Waals surface area contributed by atoms with Gasteiger partial charge in [0, 0.05) is 51.3 Å². The minimum absolute atomic E-state index is 0.265. The highest BCUT2D eigenvalue weighted by atomic mass is 16.5. The van der Waals surface area contributed by atoms with E-state index in [0.717, 1.165) is 23.0 Å². The molecule has 0 saturated heterocycles. The van der Waals surface area contributed by atoms with Crippen LogP contribution in [-0.2, 0) is 13.0 Å². The van der Waals surface area contributed by atoms with E-state index in [1.54, 1.807) is 7.05 Å². The van der Waals surface area contributed by atoms with Gasteiger partial charge < -0.3 is 14.7 Å². The van der Waals surface area contributed by atoms with Gasteiger partial charge in [-0.15, -0.1) is 0 Å². The second-order valence-electron chi connectivity index (χ2n) is 6.91. The molecule has 0 spiro atoms. The zero-order chi connectivity index (χ0) is 19.9. The largest absolute Gasteiger partial charge is 0.356 e. The number of hydrogen-bond acceptors (Lipinski definition) is 5. The first-order chi connectivity index (χ1) is 13.6. The molecular formula is C20H27N7O. The lowest BCUT2D eigenvalue weighted by molar-refractivity contribution is 0.370. The molecule has 28 heavy (non-hydrogen) atoms. The Hall–Kier alpha value is -3.16. The molecule has 1 aromatic carbocycles. The van der Waals surface area contributed by atoms with E-state index in [1.807, 2.05) is 68.3 Å². The SMILES string of the molecule is CN=C(NCCc1nc(C(C)C)no1)N(C)Cc1cnn(-c2ccccc2)c1. The van der Waals surface area contributed by atoms with Crippen LogP contribution in [0.2, 0.25) is 0 Å². The van der Waals surface area contributed by atoms with Gasteiger partial charge in [-0.25, -0.2) is 4.68 Å². The summed E-state index contributed by atoms with van der Waals surface area (Å²) >= 11 is 0. The Morgan fingerprint density at radius 3 is 2.75 bits per heavy atom. The average Bonchev–Trinajstić information content (AvgIpc) is 3.35. The number of aliphatic imine (C=N–C) groups is 1. The van der Waals surface area contributed by atoms with Crippen molar-refractivity contribution in [2.24, 2.45) is 4.99 Å². The Morgan fingerprint density at radius 1 is 1.29 bits per heavy atom. The molecule has 0 fully saturated rings. The maximum atomic E-state index is 5.28. The van der Waals surface area contributed by atoms with Crippen molar-refractivity contribution in [3.63, 3.8) is 0 Å². The maximum absolute atomic E-state index is 5.28. The van der Waals surface area contributed by atoms with Crippen molar-refractivity contribution < 1.29 is 4.52 Å². The van der Waals surface area contributed by atoms with Crippen LogP contribution in [0.1, 0.15) is 37.0 Å². The lowest BCUT2D eigenvalue weighted by atomic mass is 10.2. The molecule has 0 unspecified atom stereocenters. The van der Waals surface area contributed by atoms with Crippen molar-refractivity contribution >= 4 is 5.96 Å². The first-order valence-corrected chi connectivity index (χ1v) is 9.40. The van der Waals surface area contributed by atoms with Gasteiger partial charge in [0.1, 0.15) is 0 Å². The number of rotatable bonds is 7. The number of nitrogens with zero attached hydrogens (tertiary/aromatic N) is 6. The smallest absolute Gasteiger partial charge is 0.228 e. The highest BCUT2D eigenvalue weighted by Crippen LogP contribution is 2.10. The molecule has 0 radical (unpaired) electrons. The Kier molecular flexibility index (Phi) is 6.41. The molecule has 3 rings (SSSR count). The third-order valence-corrected chi connectivity index (χ3v) is 4.27. The average molecular weight is 381 g/mol. The van der Waals surface area contributed by atoms with E-state index in [0.29, 0.717) is 25.4 Å². The van der Waals surface area contributed by atoms with Crippen LogP contribution < -0.4 is 5.32 Å². The summed E-state index contributed by atoms with van der Waals surface area (Å²) in [6, 6.07) is 10.1. The van der Waals surface area contributed by atoms with Gasteiger partial charge in [-0.1, -0.05) is 37.2 Å². The van der Waals surface area contributed by atoms with Gasteiger partial charge in [-0.2, -0.15) is 10.1 Å². The van der Waals surface area contributed by atoms with Crippen molar-refractivity contribution in [1.29, 1.82) is 0 Å². The minimum Gasteiger partial charge on any atom is -0.356 e. The summed E-state index contributed by atoms with van der Waals surface area (Å²) in [4.78, 5) is 10.8. The minimum atomic E-state index is 0.265. The number of nitrogens with one attached hydrogen (secondary N) is 1. The molecule has 148 valence electrons. The van der Waals surface area contributed by atoms with Gasteiger partial charge >= 0.3 is 0 Å². The van der Waals surface area contributed by atoms with Crippen LogP contribution in [0.4, 0.5) is 0 Å². The van der Waals surface area contributed by atoms with Crippen molar-refractivity contribution in [3.05, 3.63) is 60.0 Å². The number of guanidine groups is 1. The quantitative estimate of drug-likeness (QED) is 0.500. The number of para-hydroxylation sites is 1. The molecule has 2 heterocycles. The van der Waals surface area contributed by atoms with Crippen LogP contribution in [-0.4, -0.2) is 51.4 Å². The van der Waals surface area contributed by atoms with Gasteiger partial charge in [0.25, 0.3) is 0 Å². The van der Waals surface area contributed by atoms with Crippen molar-refractivity contribution in [3.8, 4) is 5.69 Å². The highest BCUT2D eigenvalue weighted by molar-refractivity contribution is 5.79. The molecule has 0 aliphatic rings. The summed E-state index contributed by atoms with van der Waals surface area (Å²) in [7, 11) is 3.77. The summed E-state index contributed by atoms with van der Waals surface area (Å²) < 4.78 is 7.15. The van der Waals surface area contributed by atoms with Crippen LogP contribution in [0.25, 0.3) is 5.69 Å². The van der Waals surface area contributed by atoms with E-state index in [1.165, 1.54) is 0 Å². The van der Waals surface area contributed by atoms with Crippen molar-refractivity contribution in [1.82, 2.24) is 30.1 Å². The Labute approximate surface area is 165 Å². The van der Waals surface area contributed by atoms with Crippen LogP contribution in [0, 0.1) is 0 Å². The highest BCUT2D eigenvalue weighted by Gasteiger charge is 2.11. The lowest BCUT2D eigenvalue weighted by Crippen LogP contribution is -2.39. The van der Waals surface area contributed by atoms with Gasteiger partial charge in [-0.3, -0.25) is 4.99 Å². The Morgan fingerprint density at radius 2 is 2.07 bits per heavy atom. The molecule has 0 amide bonds. The predicted octanol–water partition coefficient (Wildman–Crippen LogP) is 2.63. The molecule has 2 aromatic heterocycles. The topological polar surface area (TPSA) is 84.4 Å². The molecule has 0 aliphatic carbocycles. The molecule has 0 atom stereocenters. The lowest BCUT2D eigenvalue weighted by Gasteiger charge is -2.21. The zero-order valence-electron chi connectivity index (χ0n) is 16.8. The van der Waals surface area contributed by atoms with Crippen molar-refractivity contribution in [2.75, 3.05) is 20.6 Å². The van der Waals surface area contributed by atoms with E-state index >= 15 is 0 Å². The monoisotopic (exact) mass is 381 g/mol. The first-order valence-electron chi connectivity index (χ1n) is 9.40. The van der Waals surface area contributed by atoms with E-state index in [-0.39, 0.29) is 5.92 Å². The standard InChI is InChI=1S/C20H27N7O/c1-15(2)19-24-18(28-25-19)10-11-22-20(21-3)26(4)13-16-12-23-27(14-16)17-8-6-5-7-9-17/h5-9,12,14-15H,10-11,13H2,1-4H3,(H,21,22). The molecule has 1 N–H and O–H groups in total. The number of benzene rings is 1. The molecule has 0 bridgehead atoms. The molecule has 3 aromatic rings. The normalized spacial score (nSPS) is 11.8. The van der Waals surface area contributed by atoms with E-state index in [2.05, 4.69) is 30.4 Å². The van der Waals surface area contributed by atoms with E-state index in [9.17, 15) is 0 Å². The fraction of sp³-hybridized carbons (Fsp3) is 0.400. The second kappa shape index (κ2) is 9.16. The third kappa shape index (κ3) is 4.97. The number of hydrogen-bond donors (Lipinski definition) is 1. The van der Waals surface area contributed by atoms with Crippen molar-refractivity contribution in [2.45, 2.75) is 32.7 Å². The van der Waals surface area contributed by atoms with Gasteiger partial charge in [-0.05, 0) is 12.1 Å². The van der Waals surface area contributed by atoms with Crippen LogP contribution in [0.15, 0.2) is 52.2 Å². The fourth-order valence-electron chi connectivity index (χ4n) is 2.78. The van der Waals surface area contributed by atoms with Crippen LogP contribution in [0.3, 0.4) is 0 Å². The predicted molar refractivity (Wildman–Crippen MR) is 108 cm³/mol. The first kappa shape index (κ1) is 19.6. The molecule has 8 nitrogen and oxygen atoms in total. The maximum Gasteiger partial charge on any atom is 0.228 e. The number of aromatic nitrogens is 4. The molecule has 0 saturated carbocycles. The molecule has 0 aliphatic heterocycles. The van der Waals surface area contributed by atoms with E-state index in [4.69, 9.17) is 4.52 Å². The second-order valence-corrected chi connectivity index (χ2v) is 6.91. The summed E-state index contributed by atoms with van der Waals surface area (Å²) in [5, 5.41) is 11.8. The van der Waals surface area contributed by atoms with E-state index < -0.39 is 0 Å². The molecular weight excluding hydrogens is 354 g/mol. The van der Waals surface area contributed by atoms with Gasteiger partial charge in [0.05, 0.1) is 11.9 Å². The summed E-state index contributed by atoms with van der Waals surface area (Å²) in [6.07, 6.45) is 4.56. The summed E-state index contributed by atoms with van der Waals surface area (Å²) in [5.74, 6) is 2.45. The summed E-state index contributed by atoms with van der Waals surface area (Å²) in [5.41, 5.74) is 2.15. The Balaban J connectivity index is 1.52. The van der Waals surface area contributed by atoms with Crippen LogP contribution >= 0.6 is 0 Å². The van der Waals surface area contributed by atoms with Crippen LogP contribution in [0.5, 0.6) is 0 Å². The zero-order valence-corrected chi connectivity index (χ0v) is 16.8. The van der Waals surface area contributed by atoms with Gasteiger partial charge in [0.15, 0.2) is 11.8 Å².